The van der Waals surface area contributed by atoms with Crippen LogP contribution in [0.5, 0.6) is 0 Å². The molecular formula is C53H65F5O14S. The molecule has 8 saturated carbocycles. The fourth-order valence-corrected chi connectivity index (χ4v) is 18.3. The number of aliphatic hydroxyl groups is 3. The lowest BCUT2D eigenvalue weighted by Crippen LogP contribution is -2.70. The second-order valence-corrected chi connectivity index (χ2v) is 25.9. The SMILES string of the molecule is CC12C[C@H](O)[C@@]3(F)C(CCC4=CC(=O)C=CC43C)C1C[C@H]1OC3(CCCC3)O[C@]12C(=O)CO.CC12C[C@H](O)[C@@]3(F)C(CCC4=CC(=O)C=CC43C)C1C[C@H]1OC3(CCCC3)O[C@]12C(=O)COS(=O)(=O)C(F)(F)F. The van der Waals surface area contributed by atoms with E-state index in [1.807, 2.05) is 6.92 Å². The average molecular weight is 1050 g/mol. The van der Waals surface area contributed by atoms with Crippen molar-refractivity contribution in [2.75, 3.05) is 13.2 Å². The molecule has 16 atom stereocenters. The van der Waals surface area contributed by atoms with Crippen molar-refractivity contribution in [2.24, 2.45) is 45.3 Å². The molecule has 20 heteroatoms. The smallest absolute Gasteiger partial charge is 0.390 e. The van der Waals surface area contributed by atoms with Crippen molar-refractivity contribution < 1.29 is 88.0 Å². The number of alkyl halides is 5. The molecule has 0 aromatic carbocycles. The highest BCUT2D eigenvalue weighted by atomic mass is 32.2. The highest BCUT2D eigenvalue weighted by Gasteiger charge is 2.83. The lowest BCUT2D eigenvalue weighted by molar-refractivity contribution is -0.253. The van der Waals surface area contributed by atoms with Gasteiger partial charge in [0, 0.05) is 59.2 Å². The molecule has 0 radical (unpaired) electrons. The maximum atomic E-state index is 17.4. The van der Waals surface area contributed by atoms with Crippen LogP contribution in [0.4, 0.5) is 22.0 Å². The highest BCUT2D eigenvalue weighted by molar-refractivity contribution is 7.87. The number of carbonyl (C=O) groups excluding carboxylic acids is 4. The van der Waals surface area contributed by atoms with Crippen molar-refractivity contribution in [1.29, 1.82) is 0 Å². The van der Waals surface area contributed by atoms with Crippen LogP contribution in [-0.4, -0.2) is 124 Å². The molecule has 10 fully saturated rings. The van der Waals surface area contributed by atoms with Crippen molar-refractivity contribution in [3.63, 3.8) is 0 Å². The van der Waals surface area contributed by atoms with Gasteiger partial charge in [0.25, 0.3) is 0 Å². The third-order valence-electron chi connectivity index (χ3n) is 21.3. The molecule has 0 amide bonds. The topological polar surface area (TPSA) is 209 Å². The van der Waals surface area contributed by atoms with Crippen LogP contribution in [0.15, 0.2) is 47.6 Å². The molecule has 12 rings (SSSR count). The Balaban J connectivity index is 0.000000160. The summed E-state index contributed by atoms with van der Waals surface area (Å²) >= 11 is 0. The normalized spacial score (nSPS) is 48.3. The third kappa shape index (κ3) is 6.50. The zero-order chi connectivity index (χ0) is 52.6. The van der Waals surface area contributed by atoms with Gasteiger partial charge < -0.3 is 34.3 Å². The molecule has 2 spiro atoms. The van der Waals surface area contributed by atoms with Crippen LogP contribution < -0.4 is 0 Å². The minimum absolute atomic E-state index is 0.0387. The molecule has 73 heavy (non-hydrogen) atoms. The summed E-state index contributed by atoms with van der Waals surface area (Å²) in [4.78, 5) is 51.4. The first kappa shape index (κ1) is 52.0. The Morgan fingerprint density at radius 2 is 1.08 bits per heavy atom. The fourth-order valence-electron chi connectivity index (χ4n) is 18.0. The summed E-state index contributed by atoms with van der Waals surface area (Å²) in [6.07, 6.45) is 11.9. The van der Waals surface area contributed by atoms with E-state index < -0.39 is 138 Å². The predicted octanol–water partition coefficient (Wildman–Crippen LogP) is 6.78. The zero-order valence-corrected chi connectivity index (χ0v) is 42.3. The molecule has 14 nitrogen and oxygen atoms in total. The minimum Gasteiger partial charge on any atom is -0.390 e. The van der Waals surface area contributed by atoms with Crippen molar-refractivity contribution in [2.45, 2.75) is 194 Å². The third-order valence-corrected chi connectivity index (χ3v) is 22.3. The summed E-state index contributed by atoms with van der Waals surface area (Å²) in [5.41, 5.74) is -16.4. The Labute approximate surface area is 420 Å². The first-order valence-corrected chi connectivity index (χ1v) is 27.4. The number of halogens is 5. The molecule has 2 aliphatic heterocycles. The van der Waals surface area contributed by atoms with Crippen LogP contribution in [0.25, 0.3) is 0 Å². The molecule has 2 heterocycles. The molecule has 2 saturated heterocycles. The summed E-state index contributed by atoms with van der Waals surface area (Å²) in [5.74, 6) is -6.04. The number of fused-ring (bicyclic) bond motifs is 14. The van der Waals surface area contributed by atoms with Crippen LogP contribution in [0.1, 0.15) is 130 Å². The van der Waals surface area contributed by atoms with Gasteiger partial charge in [-0.3, -0.25) is 23.4 Å². The number of carbonyl (C=O) groups is 4. The van der Waals surface area contributed by atoms with Gasteiger partial charge in [-0.05, 0) is 127 Å². The van der Waals surface area contributed by atoms with Crippen LogP contribution in [0.3, 0.4) is 0 Å². The van der Waals surface area contributed by atoms with E-state index in [1.165, 1.54) is 30.4 Å². The Bertz CT molecular complexity index is 2660. The Kier molecular flexibility index (Phi) is 11.6. The van der Waals surface area contributed by atoms with E-state index in [9.17, 15) is 56.1 Å². The number of rotatable bonds is 6. The van der Waals surface area contributed by atoms with E-state index in [-0.39, 0.29) is 43.2 Å². The summed E-state index contributed by atoms with van der Waals surface area (Å²) < 4.78 is 127. The zero-order valence-electron chi connectivity index (χ0n) is 41.4. The van der Waals surface area contributed by atoms with Gasteiger partial charge in [-0.15, -0.1) is 0 Å². The second kappa shape index (κ2) is 16.2. The lowest BCUT2D eigenvalue weighted by Gasteiger charge is -2.62. The monoisotopic (exact) mass is 1050 g/mol. The first-order chi connectivity index (χ1) is 34.0. The standard InChI is InChI=1S/C27H32F4O8S.C26H33FO6/c1-22-10-7-16(32)11-15(22)5-6-17-18-12-21-26(39-24(38-21)8-3-4-9-24,23(18,2)13-19(33)25(17,22)28)20(34)14-37-40(35,36)27(29,30)31;1-22-10-7-16(29)11-15(22)5-6-17-18-12-21-26(20(31)14-28,33-24(32-21)8-3-4-9-24)23(18,2)13-19(30)25(17,22)27/h7,10-11,17-19,21,33H,3-6,8-9,12-14H2,1-2H3;7,10-11,17-19,21,28,30H,3-6,8-9,12-14H2,1-2H3/t2*17?,18?,19-,21+,22?,23?,25-,26+/m00/s1. The molecule has 12 aliphatic rings. The van der Waals surface area contributed by atoms with E-state index in [1.54, 1.807) is 26.8 Å². The molecule has 0 aromatic rings. The Hall–Kier alpha value is -3.08. The first-order valence-electron chi connectivity index (χ1n) is 26.0. The summed E-state index contributed by atoms with van der Waals surface area (Å²) in [7, 11) is -6.06. The lowest BCUT2D eigenvalue weighted by atomic mass is 9.44. The van der Waals surface area contributed by atoms with Crippen LogP contribution in [-0.2, 0) is 52.4 Å². The van der Waals surface area contributed by atoms with Gasteiger partial charge >= 0.3 is 15.6 Å². The van der Waals surface area contributed by atoms with Crippen LogP contribution >= 0.6 is 0 Å². The predicted molar refractivity (Wildman–Crippen MR) is 245 cm³/mol. The number of hydrogen-bond acceptors (Lipinski definition) is 14. The number of allylic oxidation sites excluding steroid dienone is 8. The highest BCUT2D eigenvalue weighted by Crippen LogP contribution is 2.75. The molecular weight excluding hydrogens is 988 g/mol. The van der Waals surface area contributed by atoms with Gasteiger partial charge in [0.05, 0.1) is 24.4 Å². The van der Waals surface area contributed by atoms with Gasteiger partial charge in [-0.2, -0.15) is 21.6 Å². The number of hydrogen-bond donors (Lipinski definition) is 3. The summed E-state index contributed by atoms with van der Waals surface area (Å²) in [6.45, 7) is 4.91. The van der Waals surface area contributed by atoms with Gasteiger partial charge in [-0.25, -0.2) is 8.78 Å². The maximum absolute atomic E-state index is 17.4. The second-order valence-electron chi connectivity index (χ2n) is 24.3. The molecule has 402 valence electrons. The van der Waals surface area contributed by atoms with Crippen molar-refractivity contribution in [3.8, 4) is 0 Å². The van der Waals surface area contributed by atoms with E-state index in [4.69, 9.17) is 18.9 Å². The average Bonchev–Trinajstić information content (AvgIpc) is 4.18. The van der Waals surface area contributed by atoms with E-state index in [2.05, 4.69) is 4.18 Å². The number of ketones is 4. The van der Waals surface area contributed by atoms with Gasteiger partial charge in [0.1, 0.15) is 13.2 Å². The molecule has 0 aromatic heterocycles. The van der Waals surface area contributed by atoms with Crippen molar-refractivity contribution in [3.05, 3.63) is 47.6 Å². The summed E-state index contributed by atoms with van der Waals surface area (Å²) in [6, 6.07) is 0. The van der Waals surface area contributed by atoms with E-state index >= 15 is 8.78 Å². The Morgan fingerprint density at radius 1 is 0.685 bits per heavy atom. The minimum atomic E-state index is -6.06. The maximum Gasteiger partial charge on any atom is 0.523 e. The largest absolute Gasteiger partial charge is 0.523 e. The molecule has 0 bridgehead atoms. The van der Waals surface area contributed by atoms with Crippen LogP contribution in [0.2, 0.25) is 0 Å². The molecule has 3 N–H and O–H groups in total. The Morgan fingerprint density at radius 3 is 1.47 bits per heavy atom. The van der Waals surface area contributed by atoms with Gasteiger partial charge in [-0.1, -0.05) is 37.1 Å². The van der Waals surface area contributed by atoms with Crippen molar-refractivity contribution >= 4 is 33.3 Å². The van der Waals surface area contributed by atoms with Gasteiger partial charge in [0.15, 0.2) is 57.2 Å². The number of Topliss-reactive ketones (excluding diaryl/α,β-unsaturated/α-hetero) is 2. The van der Waals surface area contributed by atoms with E-state index in [0.717, 1.165) is 31.3 Å². The van der Waals surface area contributed by atoms with E-state index in [0.29, 0.717) is 56.9 Å². The van der Waals surface area contributed by atoms with Crippen LogP contribution in [0, 0.1) is 45.3 Å². The van der Waals surface area contributed by atoms with Crippen molar-refractivity contribution in [1.82, 2.24) is 0 Å². The molecule has 10 aliphatic carbocycles. The molecule has 8 unspecified atom stereocenters. The summed E-state index contributed by atoms with van der Waals surface area (Å²) in [5, 5.41) is 33.1. The van der Waals surface area contributed by atoms with Gasteiger partial charge in [0.2, 0.25) is 0 Å². The number of aliphatic hydroxyl groups excluding tert-OH is 3. The fraction of sp³-hybridized carbons (Fsp3) is 0.774. The number of ether oxygens (including phenoxy) is 4. The quantitative estimate of drug-likeness (QED) is 0.142.